The third-order valence-corrected chi connectivity index (χ3v) is 3.70. The highest BCUT2D eigenvalue weighted by Gasteiger charge is 2.08. The number of carbonyl (C=O) groups excluding carboxylic acids is 1. The Labute approximate surface area is 162 Å². The Morgan fingerprint density at radius 1 is 0.889 bits per heavy atom. The third kappa shape index (κ3) is 11.6. The van der Waals surface area contributed by atoms with Crippen LogP contribution in [0.3, 0.4) is 0 Å². The van der Waals surface area contributed by atoms with Gasteiger partial charge in [-0.05, 0) is 32.0 Å². The molecule has 1 aromatic rings. The summed E-state index contributed by atoms with van der Waals surface area (Å²) in [5.74, 6) is -0.0859. The molecule has 0 aliphatic rings. The van der Waals surface area contributed by atoms with Crippen molar-refractivity contribution in [2.24, 2.45) is 0 Å². The maximum absolute atomic E-state index is 11.3. The Kier molecular flexibility index (Phi) is 13.3. The summed E-state index contributed by atoms with van der Waals surface area (Å²) in [6.07, 6.45) is 0. The quantitative estimate of drug-likeness (QED) is 0.443. The summed E-state index contributed by atoms with van der Waals surface area (Å²) < 4.78 is 21.8. The molecule has 0 radical (unpaired) electrons. The highest BCUT2D eigenvalue weighted by atomic mass is 16.5. The average molecular weight is 383 g/mol. The van der Waals surface area contributed by atoms with E-state index in [1.165, 1.54) is 6.92 Å². The number of hydrogen-bond donors (Lipinski definition) is 1. The van der Waals surface area contributed by atoms with Crippen molar-refractivity contribution in [1.29, 1.82) is 0 Å². The molecule has 0 atom stereocenters. The van der Waals surface area contributed by atoms with Crippen molar-refractivity contribution in [3.05, 3.63) is 24.3 Å². The van der Waals surface area contributed by atoms with Gasteiger partial charge in [-0.25, -0.2) is 0 Å². The van der Waals surface area contributed by atoms with Gasteiger partial charge in [0.2, 0.25) is 5.91 Å². The molecular weight excluding hydrogens is 348 g/mol. The van der Waals surface area contributed by atoms with Gasteiger partial charge in [0.1, 0.15) is 0 Å². The Morgan fingerprint density at radius 2 is 1.44 bits per heavy atom. The molecular formula is C20H34N2O5. The van der Waals surface area contributed by atoms with Crippen LogP contribution in [0.1, 0.15) is 20.8 Å². The topological polar surface area (TPSA) is 69.3 Å². The molecule has 0 aliphatic heterocycles. The first kappa shape index (κ1) is 23.4. The van der Waals surface area contributed by atoms with Gasteiger partial charge >= 0.3 is 0 Å². The van der Waals surface area contributed by atoms with Crippen molar-refractivity contribution in [3.8, 4) is 0 Å². The predicted octanol–water partition coefficient (Wildman–Crippen LogP) is 2.56. The Hall–Kier alpha value is -1.67. The Bertz CT molecular complexity index is 497. The molecule has 1 rings (SSSR count). The second kappa shape index (κ2) is 15.4. The fourth-order valence-corrected chi connectivity index (χ4v) is 2.43. The lowest BCUT2D eigenvalue weighted by Gasteiger charge is -2.25. The number of nitrogens with zero attached hydrogens (tertiary/aromatic N) is 1. The molecule has 0 heterocycles. The zero-order valence-electron chi connectivity index (χ0n) is 16.9. The molecule has 7 heteroatoms. The van der Waals surface area contributed by atoms with Crippen LogP contribution in [0.4, 0.5) is 11.4 Å². The summed E-state index contributed by atoms with van der Waals surface area (Å²) in [6, 6.07) is 7.78. The van der Waals surface area contributed by atoms with Gasteiger partial charge in [0, 0.05) is 44.6 Å². The van der Waals surface area contributed by atoms with E-state index in [2.05, 4.69) is 10.2 Å². The van der Waals surface area contributed by atoms with Crippen molar-refractivity contribution in [1.82, 2.24) is 0 Å². The molecule has 154 valence electrons. The summed E-state index contributed by atoms with van der Waals surface area (Å²) in [6.45, 7) is 11.9. The van der Waals surface area contributed by atoms with E-state index < -0.39 is 0 Å². The molecule has 0 spiro atoms. The standard InChI is InChI=1S/C20H34N2O5/c1-4-24-13-15-26-11-9-22(10-12-27-16-14-25-5-2)20-8-6-7-19(17-20)21-18(3)23/h6-8,17H,4-5,9-16H2,1-3H3,(H,21,23). The number of nitrogens with one attached hydrogen (secondary N) is 1. The molecule has 27 heavy (non-hydrogen) atoms. The minimum absolute atomic E-state index is 0.0859. The van der Waals surface area contributed by atoms with E-state index in [4.69, 9.17) is 18.9 Å². The second-order valence-electron chi connectivity index (χ2n) is 5.84. The van der Waals surface area contributed by atoms with Crippen molar-refractivity contribution in [2.45, 2.75) is 20.8 Å². The van der Waals surface area contributed by atoms with Crippen LogP contribution in [-0.2, 0) is 23.7 Å². The monoisotopic (exact) mass is 382 g/mol. The third-order valence-electron chi connectivity index (χ3n) is 3.70. The zero-order valence-corrected chi connectivity index (χ0v) is 16.9. The van der Waals surface area contributed by atoms with E-state index in [9.17, 15) is 4.79 Å². The van der Waals surface area contributed by atoms with Crippen LogP contribution in [-0.4, -0.2) is 71.9 Å². The van der Waals surface area contributed by atoms with E-state index >= 15 is 0 Å². The fourth-order valence-electron chi connectivity index (χ4n) is 2.43. The van der Waals surface area contributed by atoms with Crippen LogP contribution in [0.2, 0.25) is 0 Å². The van der Waals surface area contributed by atoms with Gasteiger partial charge in [0.05, 0.1) is 39.6 Å². The lowest BCUT2D eigenvalue weighted by atomic mass is 10.2. The number of benzene rings is 1. The molecule has 0 fully saturated rings. The Morgan fingerprint density at radius 3 is 1.96 bits per heavy atom. The molecule has 0 bridgehead atoms. The van der Waals surface area contributed by atoms with Crippen LogP contribution >= 0.6 is 0 Å². The largest absolute Gasteiger partial charge is 0.379 e. The van der Waals surface area contributed by atoms with E-state index in [1.807, 2.05) is 38.1 Å². The van der Waals surface area contributed by atoms with Crippen molar-refractivity contribution in [2.75, 3.05) is 76.2 Å². The molecule has 1 N–H and O–H groups in total. The summed E-state index contributed by atoms with van der Waals surface area (Å²) >= 11 is 0. The van der Waals surface area contributed by atoms with Gasteiger partial charge in [-0.3, -0.25) is 4.79 Å². The summed E-state index contributed by atoms with van der Waals surface area (Å²) in [5.41, 5.74) is 1.79. The average Bonchev–Trinajstić information content (AvgIpc) is 2.65. The van der Waals surface area contributed by atoms with Crippen molar-refractivity contribution < 1.29 is 23.7 Å². The maximum Gasteiger partial charge on any atom is 0.221 e. The van der Waals surface area contributed by atoms with Crippen LogP contribution in [0.15, 0.2) is 24.3 Å². The van der Waals surface area contributed by atoms with Gasteiger partial charge in [0.25, 0.3) is 0 Å². The lowest BCUT2D eigenvalue weighted by Crippen LogP contribution is -2.31. The zero-order chi connectivity index (χ0) is 19.7. The molecule has 0 saturated carbocycles. The number of anilines is 2. The summed E-state index contributed by atoms with van der Waals surface area (Å²) in [4.78, 5) is 13.5. The van der Waals surface area contributed by atoms with Crippen LogP contribution in [0.25, 0.3) is 0 Å². The van der Waals surface area contributed by atoms with E-state index in [0.717, 1.165) is 24.5 Å². The minimum Gasteiger partial charge on any atom is -0.379 e. The van der Waals surface area contributed by atoms with Gasteiger partial charge < -0.3 is 29.2 Å². The highest BCUT2D eigenvalue weighted by Crippen LogP contribution is 2.19. The lowest BCUT2D eigenvalue weighted by molar-refractivity contribution is -0.114. The molecule has 0 aliphatic carbocycles. The first-order valence-electron chi connectivity index (χ1n) is 9.61. The van der Waals surface area contributed by atoms with E-state index in [-0.39, 0.29) is 5.91 Å². The predicted molar refractivity (Wildman–Crippen MR) is 108 cm³/mol. The minimum atomic E-state index is -0.0859. The first-order chi connectivity index (χ1) is 13.2. The van der Waals surface area contributed by atoms with E-state index in [0.29, 0.717) is 52.9 Å². The highest BCUT2D eigenvalue weighted by molar-refractivity contribution is 5.89. The SMILES string of the molecule is CCOCCOCCN(CCOCCOCC)c1cccc(NC(C)=O)c1. The molecule has 1 aromatic carbocycles. The van der Waals surface area contributed by atoms with Crippen molar-refractivity contribution >= 4 is 17.3 Å². The van der Waals surface area contributed by atoms with Crippen molar-refractivity contribution in [3.63, 3.8) is 0 Å². The van der Waals surface area contributed by atoms with Crippen LogP contribution < -0.4 is 10.2 Å². The summed E-state index contributed by atoms with van der Waals surface area (Å²) in [7, 11) is 0. The molecule has 7 nitrogen and oxygen atoms in total. The molecule has 0 unspecified atom stereocenters. The number of amides is 1. The molecule has 0 aromatic heterocycles. The van der Waals surface area contributed by atoms with Gasteiger partial charge in [-0.2, -0.15) is 0 Å². The number of rotatable bonds is 16. The second-order valence-corrected chi connectivity index (χ2v) is 5.84. The number of ether oxygens (including phenoxy) is 4. The normalized spacial score (nSPS) is 10.8. The number of carbonyl (C=O) groups is 1. The Balaban J connectivity index is 2.54. The molecule has 0 saturated heterocycles. The first-order valence-corrected chi connectivity index (χ1v) is 9.61. The van der Waals surface area contributed by atoms with E-state index in [1.54, 1.807) is 0 Å². The smallest absolute Gasteiger partial charge is 0.221 e. The summed E-state index contributed by atoms with van der Waals surface area (Å²) in [5, 5.41) is 2.82. The van der Waals surface area contributed by atoms with Gasteiger partial charge in [-0.15, -0.1) is 0 Å². The maximum atomic E-state index is 11.3. The van der Waals surface area contributed by atoms with Gasteiger partial charge in [-0.1, -0.05) is 6.07 Å². The molecule has 1 amide bonds. The van der Waals surface area contributed by atoms with Crippen LogP contribution in [0.5, 0.6) is 0 Å². The van der Waals surface area contributed by atoms with Crippen LogP contribution in [0, 0.1) is 0 Å². The van der Waals surface area contributed by atoms with Gasteiger partial charge in [0.15, 0.2) is 0 Å². The fraction of sp³-hybridized carbons (Fsp3) is 0.650. The number of hydrogen-bond acceptors (Lipinski definition) is 6.